The molecule has 0 unspecified atom stereocenters. The lowest BCUT2D eigenvalue weighted by Crippen LogP contribution is -2.36. The molecular weight excluding hydrogens is 362 g/mol. The van der Waals surface area contributed by atoms with E-state index in [1.54, 1.807) is 18.2 Å². The van der Waals surface area contributed by atoms with Crippen molar-refractivity contribution in [3.8, 4) is 0 Å². The van der Waals surface area contributed by atoms with Crippen LogP contribution in [-0.4, -0.2) is 42.4 Å². The number of benzene rings is 1. The third-order valence-electron chi connectivity index (χ3n) is 5.50. The minimum Gasteiger partial charge on any atom is -0.349 e. The Kier molecular flexibility index (Phi) is 7.53. The number of hydrogen-bond acceptors (Lipinski definition) is 3. The Morgan fingerprint density at radius 3 is 2.37 bits per heavy atom. The van der Waals surface area contributed by atoms with E-state index in [0.717, 1.165) is 51.6 Å². The van der Waals surface area contributed by atoms with Gasteiger partial charge in [-0.3, -0.25) is 14.5 Å². The highest BCUT2D eigenvalue weighted by atomic mass is 35.5. The molecular formula is C21H30ClN3O2. The van der Waals surface area contributed by atoms with Crippen molar-refractivity contribution in [1.29, 1.82) is 0 Å². The highest BCUT2D eigenvalue weighted by Crippen LogP contribution is 2.23. The average Bonchev–Trinajstić information content (AvgIpc) is 2.92. The van der Waals surface area contributed by atoms with Gasteiger partial charge in [-0.2, -0.15) is 0 Å². The molecule has 0 radical (unpaired) electrons. The molecule has 1 aliphatic heterocycles. The maximum absolute atomic E-state index is 12.6. The summed E-state index contributed by atoms with van der Waals surface area (Å²) in [7, 11) is 0. The van der Waals surface area contributed by atoms with E-state index in [9.17, 15) is 9.59 Å². The van der Waals surface area contributed by atoms with Crippen LogP contribution in [0.5, 0.6) is 0 Å². The molecule has 0 aromatic heterocycles. The standard InChI is InChI=1S/C21H30ClN3O2/c22-19-11-10-17(23-20(26)15-25-12-6-1-2-7-13-25)14-18(19)21(27)24-16-8-4-3-5-9-16/h10-11,14,16H,1-9,12-13,15H2,(H,23,26)(H,24,27). The first kappa shape index (κ1) is 20.2. The zero-order valence-electron chi connectivity index (χ0n) is 15.9. The van der Waals surface area contributed by atoms with Crippen LogP contribution in [0, 0.1) is 0 Å². The second-order valence-electron chi connectivity index (χ2n) is 7.74. The van der Waals surface area contributed by atoms with E-state index in [2.05, 4.69) is 15.5 Å². The molecule has 1 heterocycles. The molecule has 0 spiro atoms. The number of nitrogens with one attached hydrogen (secondary N) is 2. The first-order valence-corrected chi connectivity index (χ1v) is 10.6. The lowest BCUT2D eigenvalue weighted by atomic mass is 9.95. The molecule has 1 aliphatic carbocycles. The van der Waals surface area contributed by atoms with Crippen molar-refractivity contribution in [2.24, 2.45) is 0 Å². The number of likely N-dealkylation sites (tertiary alicyclic amines) is 1. The van der Waals surface area contributed by atoms with E-state index in [1.165, 1.54) is 19.3 Å². The smallest absolute Gasteiger partial charge is 0.253 e. The Hall–Kier alpha value is -1.59. The highest BCUT2D eigenvalue weighted by Gasteiger charge is 2.19. The van der Waals surface area contributed by atoms with Crippen LogP contribution in [0.4, 0.5) is 5.69 Å². The molecule has 1 saturated heterocycles. The van der Waals surface area contributed by atoms with Crippen molar-refractivity contribution >= 4 is 29.1 Å². The van der Waals surface area contributed by atoms with Gasteiger partial charge in [0.25, 0.3) is 5.91 Å². The maximum atomic E-state index is 12.6. The molecule has 0 bridgehead atoms. The summed E-state index contributed by atoms with van der Waals surface area (Å²) in [4.78, 5) is 27.2. The summed E-state index contributed by atoms with van der Waals surface area (Å²) in [5, 5.41) is 6.41. The van der Waals surface area contributed by atoms with Crippen molar-refractivity contribution in [3.05, 3.63) is 28.8 Å². The number of nitrogens with zero attached hydrogens (tertiary/aromatic N) is 1. The third-order valence-corrected chi connectivity index (χ3v) is 5.83. The maximum Gasteiger partial charge on any atom is 0.253 e. The van der Waals surface area contributed by atoms with Crippen LogP contribution in [0.25, 0.3) is 0 Å². The van der Waals surface area contributed by atoms with Gasteiger partial charge in [0.1, 0.15) is 0 Å². The largest absolute Gasteiger partial charge is 0.349 e. The van der Waals surface area contributed by atoms with Crippen LogP contribution in [0.1, 0.15) is 68.1 Å². The van der Waals surface area contributed by atoms with Gasteiger partial charge in [0, 0.05) is 11.7 Å². The molecule has 6 heteroatoms. The quantitative estimate of drug-likeness (QED) is 0.790. The number of amides is 2. The van der Waals surface area contributed by atoms with Crippen molar-refractivity contribution in [2.75, 3.05) is 25.0 Å². The normalized spacial score (nSPS) is 19.3. The number of rotatable bonds is 5. The van der Waals surface area contributed by atoms with Gasteiger partial charge in [-0.1, -0.05) is 43.7 Å². The minimum atomic E-state index is -0.157. The summed E-state index contributed by atoms with van der Waals surface area (Å²) in [6, 6.07) is 5.34. The van der Waals surface area contributed by atoms with Crippen LogP contribution >= 0.6 is 11.6 Å². The summed E-state index contributed by atoms with van der Waals surface area (Å²) in [5.74, 6) is -0.201. The van der Waals surface area contributed by atoms with Crippen LogP contribution in [0.3, 0.4) is 0 Å². The molecule has 2 amide bonds. The molecule has 27 heavy (non-hydrogen) atoms. The van der Waals surface area contributed by atoms with Gasteiger partial charge in [0.2, 0.25) is 5.91 Å². The highest BCUT2D eigenvalue weighted by molar-refractivity contribution is 6.34. The van der Waals surface area contributed by atoms with E-state index in [4.69, 9.17) is 11.6 Å². The Morgan fingerprint density at radius 1 is 1.00 bits per heavy atom. The van der Waals surface area contributed by atoms with Crippen molar-refractivity contribution < 1.29 is 9.59 Å². The summed E-state index contributed by atoms with van der Waals surface area (Å²) in [5.41, 5.74) is 1.04. The number of hydrogen-bond donors (Lipinski definition) is 2. The predicted molar refractivity (Wildman–Crippen MR) is 109 cm³/mol. The second kappa shape index (κ2) is 10.1. The van der Waals surface area contributed by atoms with Crippen molar-refractivity contribution in [2.45, 2.75) is 63.8 Å². The van der Waals surface area contributed by atoms with Crippen LogP contribution in [0.15, 0.2) is 18.2 Å². The molecule has 2 fully saturated rings. The Morgan fingerprint density at radius 2 is 1.67 bits per heavy atom. The average molecular weight is 392 g/mol. The minimum absolute atomic E-state index is 0.0436. The molecule has 1 aromatic carbocycles. The fraction of sp³-hybridized carbons (Fsp3) is 0.619. The van der Waals surface area contributed by atoms with Gasteiger partial charge in [-0.25, -0.2) is 0 Å². The van der Waals surface area contributed by atoms with Crippen molar-refractivity contribution in [3.63, 3.8) is 0 Å². The van der Waals surface area contributed by atoms with Crippen LogP contribution in [0.2, 0.25) is 5.02 Å². The summed E-state index contributed by atoms with van der Waals surface area (Å²) < 4.78 is 0. The molecule has 1 saturated carbocycles. The molecule has 1 aromatic rings. The Balaban J connectivity index is 1.58. The van der Waals surface area contributed by atoms with Gasteiger partial charge in [-0.05, 0) is 57.0 Å². The fourth-order valence-corrected chi connectivity index (χ4v) is 4.19. The summed E-state index contributed by atoms with van der Waals surface area (Å²) >= 11 is 6.24. The number of halogens is 1. The molecule has 0 atom stereocenters. The van der Waals surface area contributed by atoms with E-state index in [0.29, 0.717) is 22.8 Å². The number of carbonyl (C=O) groups is 2. The molecule has 2 aliphatic rings. The van der Waals surface area contributed by atoms with Gasteiger partial charge < -0.3 is 10.6 Å². The number of carbonyl (C=O) groups excluding carboxylic acids is 2. The summed E-state index contributed by atoms with van der Waals surface area (Å²) in [6.45, 7) is 2.35. The third kappa shape index (κ3) is 6.22. The first-order valence-electron chi connectivity index (χ1n) is 10.2. The van der Waals surface area contributed by atoms with Gasteiger partial charge >= 0.3 is 0 Å². The fourth-order valence-electron chi connectivity index (χ4n) is 3.99. The van der Waals surface area contributed by atoms with Gasteiger partial charge in [0.15, 0.2) is 0 Å². The van der Waals surface area contributed by atoms with Crippen LogP contribution in [-0.2, 0) is 4.79 Å². The van der Waals surface area contributed by atoms with Crippen molar-refractivity contribution in [1.82, 2.24) is 10.2 Å². The second-order valence-corrected chi connectivity index (χ2v) is 8.15. The van der Waals surface area contributed by atoms with E-state index >= 15 is 0 Å². The lowest BCUT2D eigenvalue weighted by Gasteiger charge is -2.23. The SMILES string of the molecule is O=C(CN1CCCCCC1)Nc1ccc(Cl)c(C(=O)NC2CCCCC2)c1. The number of anilines is 1. The predicted octanol–water partition coefficient (Wildman–Crippen LogP) is 4.22. The Labute approximate surface area is 166 Å². The zero-order chi connectivity index (χ0) is 19.1. The van der Waals surface area contributed by atoms with E-state index in [1.807, 2.05) is 0 Å². The van der Waals surface area contributed by atoms with Crippen LogP contribution < -0.4 is 10.6 Å². The molecule has 3 rings (SSSR count). The molecule has 2 N–H and O–H groups in total. The first-order chi connectivity index (χ1) is 13.1. The van der Waals surface area contributed by atoms with E-state index < -0.39 is 0 Å². The monoisotopic (exact) mass is 391 g/mol. The Bertz CT molecular complexity index is 651. The van der Waals surface area contributed by atoms with E-state index in [-0.39, 0.29) is 17.9 Å². The lowest BCUT2D eigenvalue weighted by molar-refractivity contribution is -0.117. The molecule has 148 valence electrons. The van der Waals surface area contributed by atoms with Gasteiger partial charge in [0.05, 0.1) is 17.1 Å². The molecule has 5 nitrogen and oxygen atoms in total. The summed E-state index contributed by atoms with van der Waals surface area (Å²) in [6.07, 6.45) is 10.4. The van der Waals surface area contributed by atoms with Gasteiger partial charge in [-0.15, -0.1) is 0 Å². The topological polar surface area (TPSA) is 61.4 Å². The zero-order valence-corrected chi connectivity index (χ0v) is 16.7.